The zero-order valence-electron chi connectivity index (χ0n) is 11.6. The molecular weight excluding hydrogens is 270 g/mol. The first-order valence-corrected chi connectivity index (χ1v) is 7.23. The Bertz CT molecular complexity index is 569. The van der Waals surface area contributed by atoms with Gasteiger partial charge in [-0.25, -0.2) is 0 Å². The predicted octanol–water partition coefficient (Wildman–Crippen LogP) is 0.725. The van der Waals surface area contributed by atoms with Crippen molar-refractivity contribution in [3.63, 3.8) is 0 Å². The number of likely N-dealkylation sites (tertiary alicyclic amines) is 1. The van der Waals surface area contributed by atoms with Gasteiger partial charge in [0.2, 0.25) is 11.8 Å². The van der Waals surface area contributed by atoms with Crippen LogP contribution >= 0.6 is 0 Å². The second kappa shape index (κ2) is 5.31. The summed E-state index contributed by atoms with van der Waals surface area (Å²) in [6, 6.07) is 6.10. The first-order chi connectivity index (χ1) is 10.1. The Balaban J connectivity index is 1.76. The summed E-state index contributed by atoms with van der Waals surface area (Å²) in [5.41, 5.74) is 0.840. The molecule has 1 saturated carbocycles. The van der Waals surface area contributed by atoms with Crippen molar-refractivity contribution in [2.24, 2.45) is 11.8 Å². The summed E-state index contributed by atoms with van der Waals surface area (Å²) < 4.78 is 0. The maximum absolute atomic E-state index is 12.3. The summed E-state index contributed by atoms with van der Waals surface area (Å²) in [6.45, 7) is 0.220. The molecule has 1 saturated heterocycles. The lowest BCUT2D eigenvalue weighted by Gasteiger charge is -2.19. The van der Waals surface area contributed by atoms with Crippen LogP contribution < -0.4 is 5.11 Å². The number of amides is 2. The molecular formula is C16H16NO4-. The van der Waals surface area contributed by atoms with E-state index in [9.17, 15) is 19.5 Å². The van der Waals surface area contributed by atoms with E-state index < -0.39 is 5.97 Å². The molecule has 5 nitrogen and oxygen atoms in total. The number of benzene rings is 1. The summed E-state index contributed by atoms with van der Waals surface area (Å²) in [7, 11) is 0. The molecule has 2 fully saturated rings. The van der Waals surface area contributed by atoms with Gasteiger partial charge in [-0.1, -0.05) is 37.1 Å². The van der Waals surface area contributed by atoms with Crippen molar-refractivity contribution in [1.82, 2.24) is 4.90 Å². The third-order valence-corrected chi connectivity index (χ3v) is 4.46. The highest BCUT2D eigenvalue weighted by molar-refractivity contribution is 6.05. The second-order valence-electron chi connectivity index (χ2n) is 5.74. The lowest BCUT2D eigenvalue weighted by molar-refractivity contribution is -0.255. The molecule has 2 amide bonds. The molecule has 5 heteroatoms. The minimum absolute atomic E-state index is 0.0753. The van der Waals surface area contributed by atoms with Crippen LogP contribution in [0.5, 0.6) is 0 Å². The van der Waals surface area contributed by atoms with Crippen LogP contribution in [0, 0.1) is 11.8 Å². The van der Waals surface area contributed by atoms with E-state index in [-0.39, 0.29) is 35.8 Å². The molecule has 2 aliphatic rings. The van der Waals surface area contributed by atoms with E-state index in [0.717, 1.165) is 31.2 Å². The van der Waals surface area contributed by atoms with E-state index >= 15 is 0 Å². The minimum Gasteiger partial charge on any atom is -0.545 e. The van der Waals surface area contributed by atoms with E-state index in [0.29, 0.717) is 0 Å². The SMILES string of the molecule is O=C([O-])c1ccc(CN2C(=O)[C@H]3CCCC[C@H]3C2=O)cc1. The average molecular weight is 286 g/mol. The second-order valence-corrected chi connectivity index (χ2v) is 5.74. The normalized spacial score (nSPS) is 25.0. The average Bonchev–Trinajstić information content (AvgIpc) is 2.73. The molecule has 0 radical (unpaired) electrons. The number of fused-ring (bicyclic) bond motifs is 1. The van der Waals surface area contributed by atoms with Crippen molar-refractivity contribution in [2.75, 3.05) is 0 Å². The number of aromatic carboxylic acids is 1. The zero-order valence-corrected chi connectivity index (χ0v) is 11.6. The molecule has 110 valence electrons. The summed E-state index contributed by atoms with van der Waals surface area (Å²) >= 11 is 0. The minimum atomic E-state index is -1.24. The summed E-state index contributed by atoms with van der Waals surface area (Å²) in [6.07, 6.45) is 3.62. The molecule has 2 atom stereocenters. The van der Waals surface area contributed by atoms with Crippen LogP contribution in [0.1, 0.15) is 41.6 Å². The molecule has 3 rings (SSSR count). The molecule has 1 aromatic carbocycles. The first kappa shape index (κ1) is 13.8. The Kier molecular flexibility index (Phi) is 3.49. The molecule has 1 heterocycles. The fourth-order valence-electron chi connectivity index (χ4n) is 3.32. The fourth-order valence-corrected chi connectivity index (χ4v) is 3.32. The Morgan fingerprint density at radius 1 is 1.05 bits per heavy atom. The quantitative estimate of drug-likeness (QED) is 0.767. The van der Waals surface area contributed by atoms with Crippen molar-refractivity contribution in [1.29, 1.82) is 0 Å². The molecule has 0 N–H and O–H groups in total. The Morgan fingerprint density at radius 3 is 2.05 bits per heavy atom. The molecule has 1 aliphatic heterocycles. The van der Waals surface area contributed by atoms with Gasteiger partial charge in [0.1, 0.15) is 0 Å². The molecule has 0 aromatic heterocycles. The van der Waals surface area contributed by atoms with E-state index in [1.165, 1.54) is 17.0 Å². The number of imide groups is 1. The lowest BCUT2D eigenvalue weighted by Crippen LogP contribution is -2.30. The van der Waals surface area contributed by atoms with E-state index in [2.05, 4.69) is 0 Å². The van der Waals surface area contributed by atoms with Gasteiger partial charge in [-0.3, -0.25) is 14.5 Å². The third kappa shape index (κ3) is 2.44. The van der Waals surface area contributed by atoms with Crippen LogP contribution in [-0.2, 0) is 16.1 Å². The monoisotopic (exact) mass is 286 g/mol. The van der Waals surface area contributed by atoms with Gasteiger partial charge < -0.3 is 9.90 Å². The van der Waals surface area contributed by atoms with Crippen LogP contribution in [0.3, 0.4) is 0 Å². The van der Waals surface area contributed by atoms with Gasteiger partial charge in [-0.05, 0) is 24.0 Å². The number of nitrogens with zero attached hydrogens (tertiary/aromatic N) is 1. The largest absolute Gasteiger partial charge is 0.545 e. The van der Waals surface area contributed by atoms with Gasteiger partial charge in [0.25, 0.3) is 0 Å². The van der Waals surface area contributed by atoms with Crippen molar-refractivity contribution in [3.8, 4) is 0 Å². The highest BCUT2D eigenvalue weighted by Crippen LogP contribution is 2.38. The number of rotatable bonds is 3. The number of carboxylic acids is 1. The number of carboxylic acid groups (broad SMARTS) is 1. The van der Waals surface area contributed by atoms with Gasteiger partial charge in [0.15, 0.2) is 0 Å². The highest BCUT2D eigenvalue weighted by Gasteiger charge is 2.47. The molecule has 21 heavy (non-hydrogen) atoms. The summed E-state index contributed by atoms with van der Waals surface area (Å²) in [4.78, 5) is 36.7. The zero-order chi connectivity index (χ0) is 15.0. The van der Waals surface area contributed by atoms with Crippen LogP contribution in [-0.4, -0.2) is 22.7 Å². The van der Waals surface area contributed by atoms with E-state index in [1.54, 1.807) is 12.1 Å². The van der Waals surface area contributed by atoms with Gasteiger partial charge >= 0.3 is 0 Å². The van der Waals surface area contributed by atoms with Gasteiger partial charge in [0, 0.05) is 0 Å². The van der Waals surface area contributed by atoms with Crippen molar-refractivity contribution >= 4 is 17.8 Å². The van der Waals surface area contributed by atoms with Crippen LogP contribution in [0.2, 0.25) is 0 Å². The Labute approximate surface area is 122 Å². The maximum atomic E-state index is 12.3. The third-order valence-electron chi connectivity index (χ3n) is 4.46. The standard InChI is InChI=1S/C16H17NO4/c18-14-12-3-1-2-4-13(12)15(19)17(14)9-10-5-7-11(8-6-10)16(20)21/h5-8,12-13H,1-4,9H2,(H,20,21)/p-1/t12-,13+. The van der Waals surface area contributed by atoms with Crippen molar-refractivity contribution in [2.45, 2.75) is 32.2 Å². The van der Waals surface area contributed by atoms with E-state index in [4.69, 9.17) is 0 Å². The van der Waals surface area contributed by atoms with Gasteiger partial charge in [0.05, 0.1) is 24.3 Å². The highest BCUT2D eigenvalue weighted by atomic mass is 16.4. The first-order valence-electron chi connectivity index (χ1n) is 7.23. The van der Waals surface area contributed by atoms with Crippen molar-refractivity contribution < 1.29 is 19.5 Å². The van der Waals surface area contributed by atoms with Gasteiger partial charge in [-0.15, -0.1) is 0 Å². The molecule has 0 unspecified atom stereocenters. The van der Waals surface area contributed by atoms with E-state index in [1.807, 2.05) is 0 Å². The predicted molar refractivity (Wildman–Crippen MR) is 71.8 cm³/mol. The Morgan fingerprint density at radius 2 is 1.57 bits per heavy atom. The number of hydrogen-bond acceptors (Lipinski definition) is 4. The Hall–Kier alpha value is -2.17. The van der Waals surface area contributed by atoms with Crippen LogP contribution in [0.15, 0.2) is 24.3 Å². The topological polar surface area (TPSA) is 77.5 Å². The fraction of sp³-hybridized carbons (Fsp3) is 0.438. The molecule has 0 bridgehead atoms. The smallest absolute Gasteiger partial charge is 0.233 e. The summed E-state index contributed by atoms with van der Waals surface area (Å²) in [5.74, 6) is -1.68. The molecule has 0 spiro atoms. The van der Waals surface area contributed by atoms with Crippen molar-refractivity contribution in [3.05, 3.63) is 35.4 Å². The summed E-state index contributed by atoms with van der Waals surface area (Å²) in [5, 5.41) is 10.7. The molecule has 1 aromatic rings. The number of carbonyl (C=O) groups excluding carboxylic acids is 3. The molecule has 1 aliphatic carbocycles. The van der Waals surface area contributed by atoms with Gasteiger partial charge in [-0.2, -0.15) is 0 Å². The lowest BCUT2D eigenvalue weighted by atomic mass is 9.81. The van der Waals surface area contributed by atoms with Crippen LogP contribution in [0.4, 0.5) is 0 Å². The van der Waals surface area contributed by atoms with Crippen LogP contribution in [0.25, 0.3) is 0 Å². The maximum Gasteiger partial charge on any atom is 0.233 e. The number of hydrogen-bond donors (Lipinski definition) is 0. The number of carbonyl (C=O) groups is 3.